The van der Waals surface area contributed by atoms with E-state index in [2.05, 4.69) is 37.0 Å². The van der Waals surface area contributed by atoms with Gasteiger partial charge < -0.3 is 4.57 Å². The van der Waals surface area contributed by atoms with E-state index in [1.807, 2.05) is 30.9 Å². The Morgan fingerprint density at radius 3 is 2.50 bits per heavy atom. The first-order valence-electron chi connectivity index (χ1n) is 5.80. The van der Waals surface area contributed by atoms with E-state index in [1.165, 1.54) is 4.90 Å². The van der Waals surface area contributed by atoms with Gasteiger partial charge in [0.2, 0.25) is 0 Å². The Balaban J connectivity index is 2.32. The summed E-state index contributed by atoms with van der Waals surface area (Å²) in [6.45, 7) is 4.34. The van der Waals surface area contributed by atoms with Crippen LogP contribution in [0.3, 0.4) is 0 Å². The standard InChI is InChI=1S/C14H15N3S/c1-10(2)18-12-6-4-11(5-7-12)14-13(8-15)17(3)9-16-14/h4-7,9-10H,1-3H3. The van der Waals surface area contributed by atoms with Gasteiger partial charge in [0.1, 0.15) is 17.5 Å². The number of nitrogens with zero attached hydrogens (tertiary/aromatic N) is 3. The van der Waals surface area contributed by atoms with Gasteiger partial charge in [0.25, 0.3) is 0 Å². The Labute approximate surface area is 111 Å². The van der Waals surface area contributed by atoms with Crippen LogP contribution < -0.4 is 0 Å². The molecule has 0 saturated carbocycles. The zero-order valence-electron chi connectivity index (χ0n) is 10.7. The Hall–Kier alpha value is -1.73. The van der Waals surface area contributed by atoms with Crippen molar-refractivity contribution in [2.75, 3.05) is 0 Å². The van der Waals surface area contributed by atoms with Gasteiger partial charge >= 0.3 is 0 Å². The van der Waals surface area contributed by atoms with Crippen LogP contribution in [-0.4, -0.2) is 14.8 Å². The molecular weight excluding hydrogens is 242 g/mol. The first-order chi connectivity index (χ1) is 8.61. The molecule has 0 saturated heterocycles. The summed E-state index contributed by atoms with van der Waals surface area (Å²) < 4.78 is 1.74. The van der Waals surface area contributed by atoms with E-state index in [-0.39, 0.29) is 0 Å². The quantitative estimate of drug-likeness (QED) is 0.791. The van der Waals surface area contributed by atoms with Crippen LogP contribution in [0.25, 0.3) is 11.3 Å². The normalized spacial score (nSPS) is 10.6. The van der Waals surface area contributed by atoms with Crippen molar-refractivity contribution >= 4 is 11.8 Å². The fourth-order valence-corrected chi connectivity index (χ4v) is 2.57. The second-order valence-corrected chi connectivity index (χ2v) is 6.01. The molecule has 1 aromatic heterocycles. The highest BCUT2D eigenvalue weighted by atomic mass is 32.2. The topological polar surface area (TPSA) is 41.6 Å². The number of thioether (sulfide) groups is 1. The van der Waals surface area contributed by atoms with Crippen LogP contribution >= 0.6 is 11.8 Å². The minimum atomic E-state index is 0.570. The minimum absolute atomic E-state index is 0.570. The average molecular weight is 257 g/mol. The number of hydrogen-bond acceptors (Lipinski definition) is 3. The van der Waals surface area contributed by atoms with Gasteiger partial charge in [-0.1, -0.05) is 26.0 Å². The van der Waals surface area contributed by atoms with Gasteiger partial charge in [-0.05, 0) is 12.1 Å². The number of aromatic nitrogens is 2. The minimum Gasteiger partial charge on any atom is -0.325 e. The van der Waals surface area contributed by atoms with Crippen molar-refractivity contribution in [3.8, 4) is 17.3 Å². The first kappa shape index (κ1) is 12.7. The number of benzene rings is 1. The highest BCUT2D eigenvalue weighted by molar-refractivity contribution is 7.99. The summed E-state index contributed by atoms with van der Waals surface area (Å²) in [6, 6.07) is 10.4. The molecule has 18 heavy (non-hydrogen) atoms. The lowest BCUT2D eigenvalue weighted by Crippen LogP contribution is -1.91. The third kappa shape index (κ3) is 2.57. The zero-order valence-corrected chi connectivity index (χ0v) is 11.5. The molecule has 0 radical (unpaired) electrons. The summed E-state index contributed by atoms with van der Waals surface area (Å²) >= 11 is 1.83. The monoisotopic (exact) mass is 257 g/mol. The van der Waals surface area contributed by atoms with Crippen molar-refractivity contribution < 1.29 is 0 Å². The predicted molar refractivity (Wildman–Crippen MR) is 74.4 cm³/mol. The zero-order chi connectivity index (χ0) is 13.1. The molecule has 0 aliphatic carbocycles. The Bertz CT molecular complexity index is 576. The maximum Gasteiger partial charge on any atom is 0.147 e. The molecule has 0 atom stereocenters. The number of imidazole rings is 1. The summed E-state index contributed by atoms with van der Waals surface area (Å²) in [7, 11) is 1.83. The summed E-state index contributed by atoms with van der Waals surface area (Å²) in [4.78, 5) is 5.52. The third-order valence-electron chi connectivity index (χ3n) is 2.54. The maximum absolute atomic E-state index is 9.11. The molecule has 2 rings (SSSR count). The number of nitriles is 1. The van der Waals surface area contributed by atoms with Crippen molar-refractivity contribution in [2.45, 2.75) is 24.0 Å². The van der Waals surface area contributed by atoms with Gasteiger partial charge in [-0.3, -0.25) is 0 Å². The van der Waals surface area contributed by atoms with E-state index in [0.717, 1.165) is 11.3 Å². The van der Waals surface area contributed by atoms with E-state index < -0.39 is 0 Å². The smallest absolute Gasteiger partial charge is 0.147 e. The molecule has 0 fully saturated rings. The highest BCUT2D eigenvalue weighted by Gasteiger charge is 2.10. The summed E-state index contributed by atoms with van der Waals surface area (Å²) in [6.07, 6.45) is 1.67. The van der Waals surface area contributed by atoms with E-state index in [1.54, 1.807) is 10.9 Å². The van der Waals surface area contributed by atoms with Gasteiger partial charge in [0.05, 0.1) is 6.33 Å². The SMILES string of the molecule is CC(C)Sc1ccc(-c2ncn(C)c2C#N)cc1. The van der Waals surface area contributed by atoms with Crippen molar-refractivity contribution in [3.63, 3.8) is 0 Å². The molecule has 1 heterocycles. The predicted octanol–water partition coefficient (Wildman–Crippen LogP) is 3.46. The largest absolute Gasteiger partial charge is 0.325 e. The van der Waals surface area contributed by atoms with Crippen molar-refractivity contribution in [2.24, 2.45) is 7.05 Å². The second-order valence-electron chi connectivity index (χ2n) is 4.36. The second kappa shape index (κ2) is 5.28. The molecule has 0 spiro atoms. The van der Waals surface area contributed by atoms with Crippen molar-refractivity contribution in [3.05, 3.63) is 36.3 Å². The molecule has 2 aromatic rings. The van der Waals surface area contributed by atoms with Crippen LogP contribution in [0, 0.1) is 11.3 Å². The lowest BCUT2D eigenvalue weighted by Gasteiger charge is -2.05. The number of aryl methyl sites for hydroxylation is 1. The van der Waals surface area contributed by atoms with Gasteiger partial charge in [-0.2, -0.15) is 5.26 Å². The van der Waals surface area contributed by atoms with Crippen LogP contribution in [0.2, 0.25) is 0 Å². The van der Waals surface area contributed by atoms with Gasteiger partial charge in [0.15, 0.2) is 0 Å². The first-order valence-corrected chi connectivity index (χ1v) is 6.68. The van der Waals surface area contributed by atoms with Gasteiger partial charge in [-0.15, -0.1) is 11.8 Å². The molecule has 0 aliphatic rings. The molecule has 0 N–H and O–H groups in total. The molecule has 3 nitrogen and oxygen atoms in total. The van der Waals surface area contributed by atoms with Crippen LogP contribution in [0.4, 0.5) is 0 Å². The van der Waals surface area contributed by atoms with Crippen LogP contribution in [0.1, 0.15) is 19.5 Å². The number of rotatable bonds is 3. The Morgan fingerprint density at radius 2 is 1.94 bits per heavy atom. The van der Waals surface area contributed by atoms with E-state index in [0.29, 0.717) is 10.9 Å². The molecule has 0 amide bonds. The molecular formula is C14H15N3S. The molecule has 0 unspecified atom stereocenters. The van der Waals surface area contributed by atoms with Crippen molar-refractivity contribution in [1.82, 2.24) is 9.55 Å². The fraction of sp³-hybridized carbons (Fsp3) is 0.286. The highest BCUT2D eigenvalue weighted by Crippen LogP contribution is 2.27. The third-order valence-corrected chi connectivity index (χ3v) is 3.56. The van der Waals surface area contributed by atoms with Crippen LogP contribution in [0.5, 0.6) is 0 Å². The average Bonchev–Trinajstić information content (AvgIpc) is 2.70. The number of hydrogen-bond donors (Lipinski definition) is 0. The molecule has 1 aromatic carbocycles. The Morgan fingerprint density at radius 1 is 1.28 bits per heavy atom. The van der Waals surface area contributed by atoms with Gasteiger partial charge in [0, 0.05) is 22.8 Å². The molecule has 0 bridgehead atoms. The molecule has 92 valence electrons. The fourth-order valence-electron chi connectivity index (χ4n) is 1.74. The van der Waals surface area contributed by atoms with E-state index in [9.17, 15) is 0 Å². The van der Waals surface area contributed by atoms with Gasteiger partial charge in [-0.25, -0.2) is 4.98 Å². The van der Waals surface area contributed by atoms with Crippen LogP contribution in [0.15, 0.2) is 35.5 Å². The van der Waals surface area contributed by atoms with E-state index >= 15 is 0 Å². The van der Waals surface area contributed by atoms with Crippen LogP contribution in [-0.2, 0) is 7.05 Å². The summed E-state index contributed by atoms with van der Waals surface area (Å²) in [5.41, 5.74) is 2.33. The molecule has 0 aliphatic heterocycles. The lowest BCUT2D eigenvalue weighted by atomic mass is 10.1. The summed E-state index contributed by atoms with van der Waals surface area (Å²) in [5.74, 6) is 0. The lowest BCUT2D eigenvalue weighted by molar-refractivity contribution is 0.897. The van der Waals surface area contributed by atoms with Crippen molar-refractivity contribution in [1.29, 1.82) is 5.26 Å². The maximum atomic E-state index is 9.11. The molecule has 4 heteroatoms. The van der Waals surface area contributed by atoms with E-state index in [4.69, 9.17) is 5.26 Å². The summed E-state index contributed by atoms with van der Waals surface area (Å²) in [5, 5.41) is 9.68. The Kier molecular flexibility index (Phi) is 3.73.